The van der Waals surface area contributed by atoms with Crippen LogP contribution in [0.4, 0.5) is 0 Å². The number of nitrogens with one attached hydrogen (secondary N) is 2. The first-order valence-electron chi connectivity index (χ1n) is 7.71. The summed E-state index contributed by atoms with van der Waals surface area (Å²) >= 11 is 0. The van der Waals surface area contributed by atoms with Gasteiger partial charge in [0.2, 0.25) is 5.91 Å². The minimum absolute atomic E-state index is 0.111. The molecule has 0 saturated carbocycles. The van der Waals surface area contributed by atoms with Crippen LogP contribution in [0, 0.1) is 6.92 Å². The van der Waals surface area contributed by atoms with Gasteiger partial charge in [-0.3, -0.25) is 9.59 Å². The van der Waals surface area contributed by atoms with Gasteiger partial charge in [0.15, 0.2) is 0 Å². The molecule has 0 saturated heterocycles. The first-order chi connectivity index (χ1) is 11.0. The summed E-state index contributed by atoms with van der Waals surface area (Å²) in [4.78, 5) is 24.4. The van der Waals surface area contributed by atoms with Crippen molar-refractivity contribution in [1.82, 2.24) is 10.6 Å². The Bertz CT molecular complexity index is 683. The number of benzene rings is 2. The molecule has 0 fully saturated rings. The zero-order valence-corrected chi connectivity index (χ0v) is 13.7. The average molecular weight is 310 g/mol. The minimum atomic E-state index is -0.603. The van der Waals surface area contributed by atoms with Crippen molar-refractivity contribution in [2.24, 2.45) is 0 Å². The Morgan fingerprint density at radius 3 is 2.13 bits per heavy atom. The third kappa shape index (κ3) is 4.42. The highest BCUT2D eigenvalue weighted by molar-refractivity contribution is 5.97. The molecule has 0 radical (unpaired) electrons. The molecule has 2 aromatic rings. The highest BCUT2D eigenvalue weighted by Crippen LogP contribution is 2.16. The third-order valence-electron chi connectivity index (χ3n) is 3.79. The summed E-state index contributed by atoms with van der Waals surface area (Å²) in [6.07, 6.45) is 0. The van der Waals surface area contributed by atoms with Gasteiger partial charge in [-0.2, -0.15) is 0 Å². The van der Waals surface area contributed by atoms with E-state index >= 15 is 0 Å². The molecule has 2 N–H and O–H groups in total. The Balaban J connectivity index is 1.95. The first kappa shape index (κ1) is 16.7. The van der Waals surface area contributed by atoms with Crippen LogP contribution in [0.15, 0.2) is 54.6 Å². The highest BCUT2D eigenvalue weighted by Gasteiger charge is 2.19. The molecule has 23 heavy (non-hydrogen) atoms. The lowest BCUT2D eigenvalue weighted by molar-refractivity contribution is -0.123. The van der Waals surface area contributed by atoms with Crippen LogP contribution in [-0.4, -0.2) is 17.9 Å². The molecule has 120 valence electrons. The summed E-state index contributed by atoms with van der Waals surface area (Å²) in [6.45, 7) is 5.63. The topological polar surface area (TPSA) is 58.2 Å². The molecule has 2 amide bonds. The number of carbonyl (C=O) groups is 2. The van der Waals surface area contributed by atoms with Crippen molar-refractivity contribution in [2.45, 2.75) is 32.9 Å². The fraction of sp³-hybridized carbons (Fsp3) is 0.263. The van der Waals surface area contributed by atoms with E-state index in [0.717, 1.165) is 11.1 Å². The van der Waals surface area contributed by atoms with Crippen LogP contribution in [0.5, 0.6) is 0 Å². The van der Waals surface area contributed by atoms with Gasteiger partial charge in [-0.15, -0.1) is 0 Å². The van der Waals surface area contributed by atoms with Gasteiger partial charge in [0.25, 0.3) is 5.91 Å². The van der Waals surface area contributed by atoms with Crippen LogP contribution in [0.3, 0.4) is 0 Å². The van der Waals surface area contributed by atoms with E-state index in [1.807, 2.05) is 44.2 Å². The summed E-state index contributed by atoms with van der Waals surface area (Å²) in [6, 6.07) is 16.1. The van der Waals surface area contributed by atoms with E-state index in [9.17, 15) is 9.59 Å². The second-order valence-corrected chi connectivity index (χ2v) is 5.65. The molecule has 2 atom stereocenters. The zero-order chi connectivity index (χ0) is 16.8. The number of carbonyl (C=O) groups excluding carboxylic acids is 2. The second kappa shape index (κ2) is 7.58. The van der Waals surface area contributed by atoms with Crippen molar-refractivity contribution in [3.05, 3.63) is 71.3 Å². The highest BCUT2D eigenvalue weighted by atomic mass is 16.2. The molecule has 0 aliphatic heterocycles. The summed E-state index contributed by atoms with van der Waals surface area (Å²) in [7, 11) is 0. The van der Waals surface area contributed by atoms with Gasteiger partial charge in [-0.1, -0.05) is 42.5 Å². The molecule has 2 unspecified atom stereocenters. The predicted molar refractivity (Wildman–Crippen MR) is 91.1 cm³/mol. The van der Waals surface area contributed by atoms with Crippen LogP contribution < -0.4 is 10.6 Å². The normalized spacial score (nSPS) is 13.0. The van der Waals surface area contributed by atoms with Crippen LogP contribution in [0.25, 0.3) is 0 Å². The van der Waals surface area contributed by atoms with E-state index in [-0.39, 0.29) is 17.9 Å². The quantitative estimate of drug-likeness (QED) is 0.892. The second-order valence-electron chi connectivity index (χ2n) is 5.65. The maximum atomic E-state index is 12.3. The van der Waals surface area contributed by atoms with Crippen molar-refractivity contribution >= 4 is 11.8 Å². The molecule has 4 nitrogen and oxygen atoms in total. The molecule has 0 spiro atoms. The maximum absolute atomic E-state index is 12.3. The summed E-state index contributed by atoms with van der Waals surface area (Å²) < 4.78 is 0. The van der Waals surface area contributed by atoms with Gasteiger partial charge in [0, 0.05) is 5.56 Å². The van der Waals surface area contributed by atoms with E-state index in [2.05, 4.69) is 10.6 Å². The molecular formula is C19H22N2O2. The standard InChI is InChI=1S/C19H22N2O2/c1-13-9-7-8-12-17(13)14(2)20-18(22)15(3)21-19(23)16-10-5-4-6-11-16/h4-12,14-15H,1-3H3,(H,20,22)(H,21,23). The number of aryl methyl sites for hydroxylation is 1. The Labute approximate surface area is 136 Å². The molecule has 2 rings (SSSR count). The van der Waals surface area contributed by atoms with E-state index in [1.165, 1.54) is 0 Å². The summed E-state index contributed by atoms with van der Waals surface area (Å²) in [5.41, 5.74) is 2.74. The number of hydrogen-bond acceptors (Lipinski definition) is 2. The van der Waals surface area contributed by atoms with E-state index < -0.39 is 6.04 Å². The Hall–Kier alpha value is -2.62. The van der Waals surface area contributed by atoms with Crippen LogP contribution in [-0.2, 0) is 4.79 Å². The lowest BCUT2D eigenvalue weighted by atomic mass is 10.0. The fourth-order valence-corrected chi connectivity index (χ4v) is 2.42. The number of rotatable bonds is 5. The van der Waals surface area contributed by atoms with Crippen molar-refractivity contribution < 1.29 is 9.59 Å². The SMILES string of the molecule is Cc1ccccc1C(C)NC(=O)C(C)NC(=O)c1ccccc1. The third-order valence-corrected chi connectivity index (χ3v) is 3.79. The molecule has 0 aliphatic carbocycles. The Morgan fingerprint density at radius 2 is 1.48 bits per heavy atom. The zero-order valence-electron chi connectivity index (χ0n) is 13.7. The van der Waals surface area contributed by atoms with E-state index in [1.54, 1.807) is 31.2 Å². The summed E-state index contributed by atoms with van der Waals surface area (Å²) in [5, 5.41) is 5.66. The van der Waals surface area contributed by atoms with Crippen LogP contribution in [0.2, 0.25) is 0 Å². The molecule has 0 aliphatic rings. The smallest absolute Gasteiger partial charge is 0.251 e. The largest absolute Gasteiger partial charge is 0.348 e. The van der Waals surface area contributed by atoms with Crippen molar-refractivity contribution in [3.8, 4) is 0 Å². The van der Waals surface area contributed by atoms with Gasteiger partial charge in [0.05, 0.1) is 6.04 Å². The van der Waals surface area contributed by atoms with Gasteiger partial charge in [0.1, 0.15) is 6.04 Å². The molecule has 0 aromatic heterocycles. The monoisotopic (exact) mass is 310 g/mol. The first-order valence-corrected chi connectivity index (χ1v) is 7.71. The Morgan fingerprint density at radius 1 is 0.870 bits per heavy atom. The van der Waals surface area contributed by atoms with Crippen molar-refractivity contribution in [3.63, 3.8) is 0 Å². The van der Waals surface area contributed by atoms with Crippen molar-refractivity contribution in [2.75, 3.05) is 0 Å². The number of hydrogen-bond donors (Lipinski definition) is 2. The van der Waals surface area contributed by atoms with Gasteiger partial charge in [-0.25, -0.2) is 0 Å². The molecule has 2 aromatic carbocycles. The predicted octanol–water partition coefficient (Wildman–Crippen LogP) is 2.99. The molecule has 4 heteroatoms. The van der Waals surface area contributed by atoms with Gasteiger partial charge in [-0.05, 0) is 44.0 Å². The maximum Gasteiger partial charge on any atom is 0.251 e. The lowest BCUT2D eigenvalue weighted by Gasteiger charge is -2.20. The molecule has 0 bridgehead atoms. The van der Waals surface area contributed by atoms with Crippen LogP contribution in [0.1, 0.15) is 41.4 Å². The van der Waals surface area contributed by atoms with E-state index in [4.69, 9.17) is 0 Å². The molecule has 0 heterocycles. The Kier molecular flexibility index (Phi) is 5.52. The average Bonchev–Trinajstić information content (AvgIpc) is 2.55. The van der Waals surface area contributed by atoms with Crippen LogP contribution >= 0.6 is 0 Å². The minimum Gasteiger partial charge on any atom is -0.348 e. The number of amides is 2. The van der Waals surface area contributed by atoms with Gasteiger partial charge < -0.3 is 10.6 Å². The van der Waals surface area contributed by atoms with E-state index in [0.29, 0.717) is 5.56 Å². The lowest BCUT2D eigenvalue weighted by Crippen LogP contribution is -2.45. The van der Waals surface area contributed by atoms with Crippen molar-refractivity contribution in [1.29, 1.82) is 0 Å². The molecular weight excluding hydrogens is 288 g/mol. The summed E-state index contributed by atoms with van der Waals surface area (Å²) in [5.74, 6) is -0.457. The van der Waals surface area contributed by atoms with Gasteiger partial charge >= 0.3 is 0 Å². The fourth-order valence-electron chi connectivity index (χ4n) is 2.42.